The molecule has 0 spiro atoms. The van der Waals surface area contributed by atoms with E-state index in [1.165, 1.54) is 0 Å². The minimum atomic E-state index is 0.160. The van der Waals surface area contributed by atoms with E-state index in [9.17, 15) is 4.79 Å². The summed E-state index contributed by atoms with van der Waals surface area (Å²) >= 11 is 0. The second kappa shape index (κ2) is 6.40. The molecule has 0 aliphatic carbocycles. The van der Waals surface area contributed by atoms with Gasteiger partial charge in [0.1, 0.15) is 0 Å². The van der Waals surface area contributed by atoms with Gasteiger partial charge in [-0.25, -0.2) is 0 Å². The molecule has 0 bridgehead atoms. The standard InChI is InChI=1S/C14H21NO2/c1-4-14(17)12-5-7-13(8-6-12)15-11(3)10(2)9-16/h5-8,10-11,15-16H,4,9H2,1-3H3. The molecule has 3 nitrogen and oxygen atoms in total. The Balaban J connectivity index is 2.65. The Hall–Kier alpha value is -1.35. The first-order valence-corrected chi connectivity index (χ1v) is 6.09. The molecule has 0 fully saturated rings. The van der Waals surface area contributed by atoms with Crippen molar-refractivity contribution in [1.82, 2.24) is 0 Å². The molecule has 17 heavy (non-hydrogen) atoms. The number of carbonyl (C=O) groups excluding carboxylic acids is 1. The molecule has 0 amide bonds. The van der Waals surface area contributed by atoms with Gasteiger partial charge in [-0.05, 0) is 37.1 Å². The van der Waals surface area contributed by atoms with Crippen molar-refractivity contribution in [1.29, 1.82) is 0 Å². The van der Waals surface area contributed by atoms with E-state index in [1.807, 2.05) is 45.0 Å². The van der Waals surface area contributed by atoms with Crippen LogP contribution in [0.25, 0.3) is 0 Å². The molecular formula is C14H21NO2. The molecule has 0 aromatic heterocycles. The highest BCUT2D eigenvalue weighted by Gasteiger charge is 2.10. The summed E-state index contributed by atoms with van der Waals surface area (Å²) in [5, 5.41) is 12.4. The Morgan fingerprint density at radius 1 is 1.29 bits per heavy atom. The summed E-state index contributed by atoms with van der Waals surface area (Å²) in [6.07, 6.45) is 0.532. The van der Waals surface area contributed by atoms with Crippen molar-refractivity contribution in [3.8, 4) is 0 Å². The van der Waals surface area contributed by atoms with Gasteiger partial charge in [0.25, 0.3) is 0 Å². The van der Waals surface area contributed by atoms with Crippen LogP contribution in [0.4, 0.5) is 5.69 Å². The first kappa shape index (κ1) is 13.7. The predicted molar refractivity (Wildman–Crippen MR) is 70.4 cm³/mol. The van der Waals surface area contributed by atoms with Gasteiger partial charge >= 0.3 is 0 Å². The second-order valence-electron chi connectivity index (χ2n) is 4.45. The maximum absolute atomic E-state index is 11.4. The van der Waals surface area contributed by atoms with Crippen LogP contribution in [0.3, 0.4) is 0 Å². The highest BCUT2D eigenvalue weighted by Crippen LogP contribution is 2.14. The van der Waals surface area contributed by atoms with Crippen molar-refractivity contribution in [3.05, 3.63) is 29.8 Å². The van der Waals surface area contributed by atoms with Crippen LogP contribution in [0, 0.1) is 5.92 Å². The summed E-state index contributed by atoms with van der Waals surface area (Å²) in [4.78, 5) is 11.4. The average Bonchev–Trinajstić information content (AvgIpc) is 2.37. The predicted octanol–water partition coefficient (Wildman–Crippen LogP) is 2.71. The molecule has 1 aromatic rings. The van der Waals surface area contributed by atoms with E-state index in [-0.39, 0.29) is 24.3 Å². The summed E-state index contributed by atoms with van der Waals surface area (Å²) in [6.45, 7) is 6.05. The van der Waals surface area contributed by atoms with Gasteiger partial charge < -0.3 is 10.4 Å². The number of hydrogen-bond donors (Lipinski definition) is 2. The maximum Gasteiger partial charge on any atom is 0.162 e. The van der Waals surface area contributed by atoms with Gasteiger partial charge in [0.05, 0.1) is 0 Å². The van der Waals surface area contributed by atoms with Crippen LogP contribution >= 0.6 is 0 Å². The Labute approximate surface area is 103 Å². The molecule has 1 rings (SSSR count). The van der Waals surface area contributed by atoms with Crippen LogP contribution in [0.5, 0.6) is 0 Å². The Morgan fingerprint density at radius 2 is 1.88 bits per heavy atom. The van der Waals surface area contributed by atoms with Gasteiger partial charge in [-0.2, -0.15) is 0 Å². The topological polar surface area (TPSA) is 49.3 Å². The number of benzene rings is 1. The van der Waals surface area contributed by atoms with Gasteiger partial charge in [-0.1, -0.05) is 13.8 Å². The Kier molecular flexibility index (Phi) is 5.16. The first-order valence-electron chi connectivity index (χ1n) is 6.09. The molecule has 0 radical (unpaired) electrons. The number of carbonyl (C=O) groups is 1. The second-order valence-corrected chi connectivity index (χ2v) is 4.45. The molecule has 0 aliphatic heterocycles. The van der Waals surface area contributed by atoms with Gasteiger partial charge in [-0.3, -0.25) is 4.79 Å². The normalized spacial score (nSPS) is 14.1. The lowest BCUT2D eigenvalue weighted by molar-refractivity contribution is 0.0988. The van der Waals surface area contributed by atoms with Crippen LogP contribution < -0.4 is 5.32 Å². The third kappa shape index (κ3) is 3.86. The highest BCUT2D eigenvalue weighted by atomic mass is 16.3. The Bertz CT molecular complexity index is 359. The fourth-order valence-corrected chi connectivity index (χ4v) is 1.52. The van der Waals surface area contributed by atoms with Crippen molar-refractivity contribution in [3.63, 3.8) is 0 Å². The van der Waals surface area contributed by atoms with Crippen molar-refractivity contribution in [2.45, 2.75) is 33.2 Å². The third-order valence-corrected chi connectivity index (χ3v) is 3.06. The molecule has 0 saturated carbocycles. The number of nitrogens with one attached hydrogen (secondary N) is 1. The summed E-state index contributed by atoms with van der Waals surface area (Å²) in [5.74, 6) is 0.361. The number of aliphatic hydroxyl groups is 1. The molecule has 94 valence electrons. The number of Topliss-reactive ketones (excluding diaryl/α,β-unsaturated/α-hetero) is 1. The minimum absolute atomic E-state index is 0.160. The van der Waals surface area contributed by atoms with Gasteiger partial charge in [0.15, 0.2) is 5.78 Å². The SMILES string of the molecule is CCC(=O)c1ccc(NC(C)C(C)CO)cc1. The van der Waals surface area contributed by atoms with Crippen LogP contribution in [0.15, 0.2) is 24.3 Å². The molecule has 0 saturated heterocycles. The van der Waals surface area contributed by atoms with E-state index in [4.69, 9.17) is 5.11 Å². The van der Waals surface area contributed by atoms with Crippen LogP contribution in [-0.2, 0) is 0 Å². The molecular weight excluding hydrogens is 214 g/mol. The lowest BCUT2D eigenvalue weighted by atomic mass is 10.0. The van der Waals surface area contributed by atoms with Crippen molar-refractivity contribution in [2.24, 2.45) is 5.92 Å². The maximum atomic E-state index is 11.4. The number of aliphatic hydroxyl groups excluding tert-OH is 1. The Morgan fingerprint density at radius 3 is 2.35 bits per heavy atom. The van der Waals surface area contributed by atoms with E-state index in [2.05, 4.69) is 5.32 Å². The lowest BCUT2D eigenvalue weighted by Crippen LogP contribution is -2.26. The summed E-state index contributed by atoms with van der Waals surface area (Å²) in [7, 11) is 0. The zero-order valence-electron chi connectivity index (χ0n) is 10.7. The van der Waals surface area contributed by atoms with Gasteiger partial charge in [-0.15, -0.1) is 0 Å². The van der Waals surface area contributed by atoms with E-state index in [0.29, 0.717) is 6.42 Å². The van der Waals surface area contributed by atoms with Crippen LogP contribution in [0.1, 0.15) is 37.6 Å². The van der Waals surface area contributed by atoms with E-state index in [0.717, 1.165) is 11.3 Å². The number of anilines is 1. The molecule has 0 heterocycles. The van der Waals surface area contributed by atoms with E-state index in [1.54, 1.807) is 0 Å². The third-order valence-electron chi connectivity index (χ3n) is 3.06. The smallest absolute Gasteiger partial charge is 0.162 e. The molecule has 1 aromatic carbocycles. The zero-order chi connectivity index (χ0) is 12.8. The highest BCUT2D eigenvalue weighted by molar-refractivity contribution is 5.96. The van der Waals surface area contributed by atoms with E-state index < -0.39 is 0 Å². The van der Waals surface area contributed by atoms with E-state index >= 15 is 0 Å². The minimum Gasteiger partial charge on any atom is -0.396 e. The largest absolute Gasteiger partial charge is 0.396 e. The molecule has 2 unspecified atom stereocenters. The molecule has 3 heteroatoms. The van der Waals surface area contributed by atoms with Crippen LogP contribution in [0.2, 0.25) is 0 Å². The number of rotatable bonds is 6. The van der Waals surface area contributed by atoms with Gasteiger partial charge in [0.2, 0.25) is 0 Å². The van der Waals surface area contributed by atoms with Gasteiger partial charge in [0, 0.05) is 30.3 Å². The monoisotopic (exact) mass is 235 g/mol. The fraction of sp³-hybridized carbons (Fsp3) is 0.500. The summed E-state index contributed by atoms with van der Waals surface area (Å²) in [6, 6.07) is 7.69. The quantitative estimate of drug-likeness (QED) is 0.745. The zero-order valence-corrected chi connectivity index (χ0v) is 10.7. The van der Waals surface area contributed by atoms with Crippen LogP contribution in [-0.4, -0.2) is 23.5 Å². The molecule has 2 N–H and O–H groups in total. The van der Waals surface area contributed by atoms with Crippen molar-refractivity contribution in [2.75, 3.05) is 11.9 Å². The van der Waals surface area contributed by atoms with Crippen molar-refractivity contribution >= 4 is 11.5 Å². The summed E-state index contributed by atoms with van der Waals surface area (Å²) < 4.78 is 0. The number of hydrogen-bond acceptors (Lipinski definition) is 3. The lowest BCUT2D eigenvalue weighted by Gasteiger charge is -2.20. The number of ketones is 1. The molecule has 2 atom stereocenters. The fourth-order valence-electron chi connectivity index (χ4n) is 1.52. The first-order chi connectivity index (χ1) is 8.08. The molecule has 0 aliphatic rings. The average molecular weight is 235 g/mol. The van der Waals surface area contributed by atoms with Crippen molar-refractivity contribution < 1.29 is 9.90 Å². The summed E-state index contributed by atoms with van der Waals surface area (Å²) in [5.41, 5.74) is 1.73.